The standard InChI is InChI=1S/C18H18N4O4/c1-24-12-7-8-15(25-2)13(10-12)20-21-18-14(11-17(23)26-3)19-16-6-4-5-9-22(16)18/h4-10H,11H2,1-3H3. The first-order chi connectivity index (χ1) is 12.7. The highest BCUT2D eigenvalue weighted by molar-refractivity contribution is 5.74. The fraction of sp³-hybridized carbons (Fsp3) is 0.222. The van der Waals surface area contributed by atoms with Crippen molar-refractivity contribution in [2.75, 3.05) is 21.3 Å². The lowest BCUT2D eigenvalue weighted by Gasteiger charge is -2.06. The maximum absolute atomic E-state index is 11.7. The van der Waals surface area contributed by atoms with Crippen molar-refractivity contribution in [3.8, 4) is 11.5 Å². The van der Waals surface area contributed by atoms with Gasteiger partial charge in [0, 0.05) is 12.3 Å². The van der Waals surface area contributed by atoms with Gasteiger partial charge >= 0.3 is 5.97 Å². The van der Waals surface area contributed by atoms with Crippen LogP contribution < -0.4 is 9.47 Å². The van der Waals surface area contributed by atoms with E-state index in [-0.39, 0.29) is 6.42 Å². The van der Waals surface area contributed by atoms with Gasteiger partial charge in [-0.15, -0.1) is 10.2 Å². The molecular weight excluding hydrogens is 336 g/mol. The third kappa shape index (κ3) is 3.49. The van der Waals surface area contributed by atoms with E-state index in [9.17, 15) is 4.79 Å². The molecule has 0 radical (unpaired) electrons. The summed E-state index contributed by atoms with van der Waals surface area (Å²) in [5.41, 5.74) is 1.65. The number of rotatable bonds is 6. The molecule has 0 aliphatic rings. The molecule has 2 heterocycles. The number of carbonyl (C=O) groups is 1. The molecule has 26 heavy (non-hydrogen) atoms. The second-order valence-corrected chi connectivity index (χ2v) is 5.30. The predicted molar refractivity (Wildman–Crippen MR) is 94.6 cm³/mol. The van der Waals surface area contributed by atoms with Crippen LogP contribution in [0.25, 0.3) is 5.65 Å². The maximum Gasteiger partial charge on any atom is 0.311 e. The van der Waals surface area contributed by atoms with Crippen LogP contribution in [0.4, 0.5) is 11.5 Å². The fourth-order valence-electron chi connectivity index (χ4n) is 2.44. The van der Waals surface area contributed by atoms with Crippen LogP contribution in [-0.4, -0.2) is 36.7 Å². The monoisotopic (exact) mass is 354 g/mol. The lowest BCUT2D eigenvalue weighted by atomic mass is 10.3. The summed E-state index contributed by atoms with van der Waals surface area (Å²) in [7, 11) is 4.46. The van der Waals surface area contributed by atoms with Gasteiger partial charge in [0.2, 0.25) is 0 Å². The number of pyridine rings is 1. The van der Waals surface area contributed by atoms with Crippen molar-refractivity contribution in [2.24, 2.45) is 10.2 Å². The molecule has 0 unspecified atom stereocenters. The van der Waals surface area contributed by atoms with Crippen molar-refractivity contribution < 1.29 is 19.0 Å². The molecule has 0 saturated heterocycles. The van der Waals surface area contributed by atoms with Gasteiger partial charge in [-0.1, -0.05) is 6.07 Å². The van der Waals surface area contributed by atoms with E-state index in [4.69, 9.17) is 14.2 Å². The van der Waals surface area contributed by atoms with E-state index < -0.39 is 5.97 Å². The zero-order chi connectivity index (χ0) is 18.5. The number of azo groups is 1. The zero-order valence-electron chi connectivity index (χ0n) is 14.7. The number of imidazole rings is 1. The van der Waals surface area contributed by atoms with Crippen molar-refractivity contribution in [1.29, 1.82) is 0 Å². The molecule has 0 N–H and O–H groups in total. The van der Waals surface area contributed by atoms with Crippen LogP contribution in [0.2, 0.25) is 0 Å². The fourth-order valence-corrected chi connectivity index (χ4v) is 2.44. The molecule has 0 fully saturated rings. The Labute approximate surface area is 150 Å². The Morgan fingerprint density at radius 1 is 1.12 bits per heavy atom. The minimum atomic E-state index is -0.399. The van der Waals surface area contributed by atoms with Crippen LogP contribution in [0.5, 0.6) is 11.5 Å². The van der Waals surface area contributed by atoms with Gasteiger partial charge in [-0.25, -0.2) is 4.98 Å². The molecule has 2 aromatic heterocycles. The highest BCUT2D eigenvalue weighted by Crippen LogP contribution is 2.33. The van der Waals surface area contributed by atoms with Crippen molar-refractivity contribution in [2.45, 2.75) is 6.42 Å². The quantitative estimate of drug-likeness (QED) is 0.499. The molecule has 8 heteroatoms. The Kier molecular flexibility index (Phi) is 5.12. The lowest BCUT2D eigenvalue weighted by molar-refractivity contribution is -0.139. The third-order valence-corrected chi connectivity index (χ3v) is 3.75. The van der Waals surface area contributed by atoms with Gasteiger partial charge in [0.15, 0.2) is 5.82 Å². The largest absolute Gasteiger partial charge is 0.497 e. The lowest BCUT2D eigenvalue weighted by Crippen LogP contribution is -2.04. The first kappa shape index (κ1) is 17.4. The van der Waals surface area contributed by atoms with E-state index in [0.717, 1.165) is 0 Å². The Bertz CT molecular complexity index is 965. The summed E-state index contributed by atoms with van der Waals surface area (Å²) in [6.07, 6.45) is 1.81. The van der Waals surface area contributed by atoms with E-state index in [1.165, 1.54) is 7.11 Å². The predicted octanol–water partition coefficient (Wildman–Crippen LogP) is 3.48. The number of aromatic nitrogens is 2. The molecular formula is C18H18N4O4. The topological polar surface area (TPSA) is 86.8 Å². The molecule has 8 nitrogen and oxygen atoms in total. The van der Waals surface area contributed by atoms with Crippen molar-refractivity contribution in [3.05, 3.63) is 48.3 Å². The molecule has 0 bridgehead atoms. The van der Waals surface area contributed by atoms with Gasteiger partial charge in [0.05, 0.1) is 33.4 Å². The Balaban J connectivity index is 2.06. The number of methoxy groups -OCH3 is 3. The maximum atomic E-state index is 11.7. The smallest absolute Gasteiger partial charge is 0.311 e. The van der Waals surface area contributed by atoms with Gasteiger partial charge in [0.1, 0.15) is 22.8 Å². The average molecular weight is 354 g/mol. The number of ether oxygens (including phenoxy) is 3. The Morgan fingerprint density at radius 2 is 1.96 bits per heavy atom. The van der Waals surface area contributed by atoms with Crippen LogP contribution >= 0.6 is 0 Å². The van der Waals surface area contributed by atoms with E-state index in [0.29, 0.717) is 34.3 Å². The minimum Gasteiger partial charge on any atom is -0.497 e. The molecule has 0 atom stereocenters. The summed E-state index contributed by atoms with van der Waals surface area (Å²) in [5, 5.41) is 8.60. The molecule has 0 spiro atoms. The summed E-state index contributed by atoms with van der Waals surface area (Å²) >= 11 is 0. The molecule has 134 valence electrons. The minimum absolute atomic E-state index is 0.00176. The molecule has 0 aliphatic carbocycles. The molecule has 0 amide bonds. The van der Waals surface area contributed by atoms with E-state index in [2.05, 4.69) is 15.2 Å². The Morgan fingerprint density at radius 3 is 2.69 bits per heavy atom. The molecule has 3 rings (SSSR count). The van der Waals surface area contributed by atoms with Crippen LogP contribution in [0.15, 0.2) is 52.8 Å². The SMILES string of the molecule is COC(=O)Cc1nc2ccccn2c1N=Nc1cc(OC)ccc1OC. The van der Waals surface area contributed by atoms with Gasteiger partial charge < -0.3 is 14.2 Å². The number of esters is 1. The van der Waals surface area contributed by atoms with Gasteiger partial charge in [-0.2, -0.15) is 0 Å². The normalized spacial score (nSPS) is 11.0. The Hall–Kier alpha value is -3.42. The summed E-state index contributed by atoms with van der Waals surface area (Å²) in [4.78, 5) is 16.1. The zero-order valence-corrected chi connectivity index (χ0v) is 14.7. The number of nitrogens with zero attached hydrogens (tertiary/aromatic N) is 4. The number of hydrogen-bond donors (Lipinski definition) is 0. The number of benzene rings is 1. The highest BCUT2D eigenvalue weighted by Gasteiger charge is 2.16. The molecule has 3 aromatic rings. The molecule has 0 saturated carbocycles. The van der Waals surface area contributed by atoms with Crippen LogP contribution in [0.3, 0.4) is 0 Å². The van der Waals surface area contributed by atoms with E-state index >= 15 is 0 Å². The molecule has 1 aromatic carbocycles. The second kappa shape index (κ2) is 7.64. The van der Waals surface area contributed by atoms with Gasteiger partial charge in [0.25, 0.3) is 0 Å². The first-order valence-corrected chi connectivity index (χ1v) is 7.82. The van der Waals surface area contributed by atoms with Crippen LogP contribution in [0, 0.1) is 0 Å². The van der Waals surface area contributed by atoms with Gasteiger partial charge in [-0.3, -0.25) is 9.20 Å². The number of carbonyl (C=O) groups excluding carboxylic acids is 1. The van der Waals surface area contributed by atoms with Crippen LogP contribution in [0.1, 0.15) is 5.69 Å². The van der Waals surface area contributed by atoms with Crippen molar-refractivity contribution in [3.63, 3.8) is 0 Å². The van der Waals surface area contributed by atoms with E-state index in [1.807, 2.05) is 18.2 Å². The summed E-state index contributed by atoms with van der Waals surface area (Å²) < 4.78 is 17.0. The molecule has 0 aliphatic heterocycles. The van der Waals surface area contributed by atoms with Crippen molar-refractivity contribution >= 4 is 23.1 Å². The average Bonchev–Trinajstić information content (AvgIpc) is 3.02. The third-order valence-electron chi connectivity index (χ3n) is 3.75. The van der Waals surface area contributed by atoms with Crippen LogP contribution in [-0.2, 0) is 16.0 Å². The van der Waals surface area contributed by atoms with Crippen molar-refractivity contribution in [1.82, 2.24) is 9.38 Å². The first-order valence-electron chi connectivity index (χ1n) is 7.82. The highest BCUT2D eigenvalue weighted by atomic mass is 16.5. The van der Waals surface area contributed by atoms with E-state index in [1.54, 1.807) is 43.0 Å². The second-order valence-electron chi connectivity index (χ2n) is 5.30. The number of hydrogen-bond acceptors (Lipinski definition) is 7. The summed E-state index contributed by atoms with van der Waals surface area (Å²) in [5.74, 6) is 1.24. The van der Waals surface area contributed by atoms with Gasteiger partial charge in [-0.05, 0) is 24.3 Å². The number of fused-ring (bicyclic) bond motifs is 1. The summed E-state index contributed by atoms with van der Waals surface area (Å²) in [6.45, 7) is 0. The summed E-state index contributed by atoms with van der Waals surface area (Å²) in [6, 6.07) is 10.8.